The van der Waals surface area contributed by atoms with Crippen LogP contribution in [0.3, 0.4) is 0 Å². The molecule has 2 rings (SSSR count). The lowest BCUT2D eigenvalue weighted by Crippen LogP contribution is -2.49. The van der Waals surface area contributed by atoms with Gasteiger partial charge in [-0.05, 0) is 20.3 Å². The van der Waals surface area contributed by atoms with Gasteiger partial charge in [0.05, 0.1) is 4.87 Å². The molecule has 0 aromatic heterocycles. The van der Waals surface area contributed by atoms with E-state index in [-0.39, 0.29) is 10.8 Å². The monoisotopic (exact) mass is 315 g/mol. The van der Waals surface area contributed by atoms with Crippen LogP contribution < -0.4 is 11.1 Å². The molecule has 0 radical (unpaired) electrons. The van der Waals surface area contributed by atoms with Crippen LogP contribution in [0.1, 0.15) is 26.7 Å². The van der Waals surface area contributed by atoms with Crippen molar-refractivity contribution in [3.8, 4) is 0 Å². The van der Waals surface area contributed by atoms with Gasteiger partial charge in [0.1, 0.15) is 6.04 Å². The molecule has 2 fully saturated rings. The lowest BCUT2D eigenvalue weighted by Gasteiger charge is -2.29. The number of hydrogen-bond donors (Lipinski definition) is 2. The molecule has 0 bridgehead atoms. The molecule has 2 saturated heterocycles. The fourth-order valence-corrected chi connectivity index (χ4v) is 3.94. The Balaban J connectivity index is 1.99. The average molecular weight is 315 g/mol. The fraction of sp³-hybridized carbons (Fsp3) is 0.667. The van der Waals surface area contributed by atoms with Gasteiger partial charge in [0.25, 0.3) is 5.91 Å². The van der Waals surface area contributed by atoms with Crippen molar-refractivity contribution in [3.05, 3.63) is 0 Å². The van der Waals surface area contributed by atoms with E-state index >= 15 is 0 Å². The number of ether oxygens (including phenoxy) is 1. The number of primary amides is 1. The highest BCUT2D eigenvalue weighted by Crippen LogP contribution is 2.47. The van der Waals surface area contributed by atoms with Gasteiger partial charge in [0, 0.05) is 12.2 Å². The standard InChI is InChI=1S/C12H17N3O5S/c1-6(9(17)14-11(13)19)20-10(18)7-5-21-12(2)4-3-8(16)15(7)12/h6-7H,3-5H2,1-2H3,(H3,13,14,17,19)/t6-,7-,12-/m0/s1. The van der Waals surface area contributed by atoms with Gasteiger partial charge in [0.2, 0.25) is 5.91 Å². The second kappa shape index (κ2) is 5.55. The molecule has 8 nitrogen and oxygen atoms in total. The topological polar surface area (TPSA) is 119 Å². The number of nitrogens with one attached hydrogen (secondary N) is 1. The van der Waals surface area contributed by atoms with Crippen molar-refractivity contribution >= 4 is 35.6 Å². The molecule has 3 atom stereocenters. The van der Waals surface area contributed by atoms with Crippen molar-refractivity contribution in [1.82, 2.24) is 10.2 Å². The zero-order valence-corrected chi connectivity index (χ0v) is 12.6. The van der Waals surface area contributed by atoms with Crippen LogP contribution >= 0.6 is 11.8 Å². The lowest BCUT2D eigenvalue weighted by atomic mass is 10.2. The van der Waals surface area contributed by atoms with Gasteiger partial charge in [-0.1, -0.05) is 0 Å². The number of amides is 4. The molecule has 116 valence electrons. The minimum atomic E-state index is -1.15. The Bertz CT molecular complexity index is 511. The van der Waals surface area contributed by atoms with E-state index in [0.29, 0.717) is 18.6 Å². The second-order valence-electron chi connectivity index (χ2n) is 5.20. The molecule has 0 aliphatic carbocycles. The van der Waals surface area contributed by atoms with Crippen LogP contribution in [-0.4, -0.2) is 51.5 Å². The van der Waals surface area contributed by atoms with E-state index < -0.39 is 30.1 Å². The molecule has 0 unspecified atom stereocenters. The SMILES string of the molecule is C[C@H](OC(=O)[C@@H]1CS[C@@]2(C)CCC(=O)N12)C(=O)NC(N)=O. The van der Waals surface area contributed by atoms with Crippen molar-refractivity contribution in [2.75, 3.05) is 5.75 Å². The smallest absolute Gasteiger partial charge is 0.330 e. The normalized spacial score (nSPS) is 29.0. The van der Waals surface area contributed by atoms with Crippen molar-refractivity contribution in [1.29, 1.82) is 0 Å². The third kappa shape index (κ3) is 2.97. The van der Waals surface area contributed by atoms with E-state index in [0.717, 1.165) is 0 Å². The minimum Gasteiger partial charge on any atom is -0.451 e. The van der Waals surface area contributed by atoms with Gasteiger partial charge in [-0.25, -0.2) is 9.59 Å². The summed E-state index contributed by atoms with van der Waals surface area (Å²) >= 11 is 1.53. The predicted molar refractivity (Wildman–Crippen MR) is 74.0 cm³/mol. The number of fused-ring (bicyclic) bond motifs is 1. The van der Waals surface area contributed by atoms with Gasteiger partial charge in [-0.2, -0.15) is 0 Å². The summed E-state index contributed by atoms with van der Waals surface area (Å²) in [7, 11) is 0. The molecule has 0 aromatic rings. The maximum atomic E-state index is 12.2. The Hall–Kier alpha value is -1.77. The van der Waals surface area contributed by atoms with Crippen LogP contribution in [0.2, 0.25) is 0 Å². The zero-order chi connectivity index (χ0) is 15.8. The van der Waals surface area contributed by atoms with Crippen LogP contribution in [-0.2, 0) is 19.1 Å². The molecule has 9 heteroatoms. The van der Waals surface area contributed by atoms with Gasteiger partial charge in [-0.3, -0.25) is 14.9 Å². The Morgan fingerprint density at radius 1 is 1.52 bits per heavy atom. The van der Waals surface area contributed by atoms with E-state index in [4.69, 9.17) is 10.5 Å². The van der Waals surface area contributed by atoms with Crippen molar-refractivity contribution in [3.63, 3.8) is 0 Å². The first kappa shape index (κ1) is 15.6. The van der Waals surface area contributed by atoms with E-state index in [2.05, 4.69) is 0 Å². The number of nitrogens with two attached hydrogens (primary N) is 1. The van der Waals surface area contributed by atoms with E-state index in [1.807, 2.05) is 12.2 Å². The molecule has 0 spiro atoms. The van der Waals surface area contributed by atoms with Crippen molar-refractivity contribution in [2.45, 2.75) is 43.7 Å². The number of esters is 1. The highest BCUT2D eigenvalue weighted by molar-refractivity contribution is 8.01. The molecule has 21 heavy (non-hydrogen) atoms. The van der Waals surface area contributed by atoms with Gasteiger partial charge < -0.3 is 15.4 Å². The molecule has 2 aliphatic rings. The van der Waals surface area contributed by atoms with E-state index in [1.165, 1.54) is 18.7 Å². The van der Waals surface area contributed by atoms with Crippen molar-refractivity contribution < 1.29 is 23.9 Å². The Labute approximate surface area is 125 Å². The minimum absolute atomic E-state index is 0.0845. The average Bonchev–Trinajstić information content (AvgIpc) is 2.86. The van der Waals surface area contributed by atoms with Crippen molar-refractivity contribution in [2.24, 2.45) is 5.73 Å². The summed E-state index contributed by atoms with van der Waals surface area (Å²) in [5.74, 6) is -1.09. The number of carbonyl (C=O) groups excluding carboxylic acids is 4. The Morgan fingerprint density at radius 2 is 2.19 bits per heavy atom. The second-order valence-corrected chi connectivity index (χ2v) is 6.70. The van der Waals surface area contributed by atoms with Crippen LogP contribution in [0, 0.1) is 0 Å². The zero-order valence-electron chi connectivity index (χ0n) is 11.8. The quantitative estimate of drug-likeness (QED) is 0.682. The third-order valence-corrected chi connectivity index (χ3v) is 5.13. The summed E-state index contributed by atoms with van der Waals surface area (Å²) < 4.78 is 5.03. The first-order valence-electron chi connectivity index (χ1n) is 6.51. The van der Waals surface area contributed by atoms with E-state index in [1.54, 1.807) is 4.90 Å². The molecule has 0 aromatic carbocycles. The van der Waals surface area contributed by atoms with E-state index in [9.17, 15) is 19.2 Å². The van der Waals surface area contributed by atoms with Crippen LogP contribution in [0.25, 0.3) is 0 Å². The Kier molecular flexibility index (Phi) is 4.13. The van der Waals surface area contributed by atoms with Crippen LogP contribution in [0.5, 0.6) is 0 Å². The molecule has 3 N–H and O–H groups in total. The molecule has 2 aliphatic heterocycles. The largest absolute Gasteiger partial charge is 0.451 e. The van der Waals surface area contributed by atoms with Gasteiger partial charge in [-0.15, -0.1) is 11.8 Å². The molecular formula is C12H17N3O5S. The number of rotatable bonds is 3. The van der Waals surface area contributed by atoms with Gasteiger partial charge in [0.15, 0.2) is 6.10 Å². The van der Waals surface area contributed by atoms with Crippen LogP contribution in [0.4, 0.5) is 4.79 Å². The highest BCUT2D eigenvalue weighted by atomic mass is 32.2. The maximum absolute atomic E-state index is 12.2. The van der Waals surface area contributed by atoms with Gasteiger partial charge >= 0.3 is 12.0 Å². The summed E-state index contributed by atoms with van der Waals surface area (Å²) in [6.07, 6.45) is -0.0530. The maximum Gasteiger partial charge on any atom is 0.330 e. The predicted octanol–water partition coefficient (Wildman–Crippen LogP) is -0.433. The summed E-state index contributed by atoms with van der Waals surface area (Å²) in [6, 6.07) is -1.71. The number of hydrogen-bond acceptors (Lipinski definition) is 6. The Morgan fingerprint density at radius 3 is 2.81 bits per heavy atom. The first-order chi connectivity index (χ1) is 9.74. The number of carbonyl (C=O) groups is 4. The number of imide groups is 1. The third-order valence-electron chi connectivity index (χ3n) is 3.63. The molecule has 2 heterocycles. The number of thioether (sulfide) groups is 1. The summed E-state index contributed by atoms with van der Waals surface area (Å²) in [5, 5.41) is 1.84. The number of nitrogens with zero attached hydrogens (tertiary/aromatic N) is 1. The fourth-order valence-electron chi connectivity index (χ4n) is 2.52. The first-order valence-corrected chi connectivity index (χ1v) is 7.50. The summed E-state index contributed by atoms with van der Waals surface area (Å²) in [4.78, 5) is 47.3. The summed E-state index contributed by atoms with van der Waals surface area (Å²) in [6.45, 7) is 3.25. The summed E-state index contributed by atoms with van der Waals surface area (Å²) in [5.41, 5.74) is 4.82. The highest BCUT2D eigenvalue weighted by Gasteiger charge is 2.53. The number of urea groups is 1. The lowest BCUT2D eigenvalue weighted by molar-refractivity contribution is -0.161. The van der Waals surface area contributed by atoms with Crippen LogP contribution in [0.15, 0.2) is 0 Å². The molecule has 0 saturated carbocycles. The molecular weight excluding hydrogens is 298 g/mol. The molecule has 4 amide bonds.